The molecule has 1 unspecified atom stereocenters. The minimum Gasteiger partial charge on any atom is -0.395 e. The van der Waals surface area contributed by atoms with Crippen molar-refractivity contribution in [2.75, 3.05) is 18.9 Å². The van der Waals surface area contributed by atoms with Crippen LogP contribution in [0.4, 0.5) is 4.79 Å². The highest BCUT2D eigenvalue weighted by atomic mass is 32.2. The second kappa shape index (κ2) is 4.43. The number of rotatable bonds is 3. The zero-order chi connectivity index (χ0) is 10.6. The third-order valence-electron chi connectivity index (χ3n) is 1.64. The lowest BCUT2D eigenvalue weighted by molar-refractivity contribution is 0.233. The fourth-order valence-corrected chi connectivity index (χ4v) is 2.29. The zero-order valence-electron chi connectivity index (χ0n) is 7.43. The van der Waals surface area contributed by atoms with Crippen LogP contribution in [0.3, 0.4) is 0 Å². The van der Waals surface area contributed by atoms with E-state index in [0.717, 1.165) is 5.41 Å². The number of nitrogens with one attached hydrogen (secondary N) is 2. The van der Waals surface area contributed by atoms with Gasteiger partial charge in [-0.15, -0.1) is 0 Å². The number of hydrogen-bond donors (Lipinski definition) is 3. The molecule has 0 bridgehead atoms. The Hall–Kier alpha value is -1.08. The van der Waals surface area contributed by atoms with E-state index in [-0.39, 0.29) is 18.9 Å². The van der Waals surface area contributed by atoms with Crippen LogP contribution in [0.5, 0.6) is 0 Å². The lowest BCUT2D eigenvalue weighted by Crippen LogP contribution is -2.43. The second-order valence-electron chi connectivity index (χ2n) is 2.89. The molecule has 80 valence electrons. The summed E-state index contributed by atoms with van der Waals surface area (Å²) in [6, 6.07) is -0.954. The Morgan fingerprint density at radius 2 is 2.29 bits per heavy atom. The maximum atomic E-state index is 11.0. The van der Waals surface area contributed by atoms with E-state index < -0.39 is 21.9 Å². The Labute approximate surface area is 81.9 Å². The molecule has 1 aliphatic rings. The first-order chi connectivity index (χ1) is 6.53. The Morgan fingerprint density at radius 1 is 1.57 bits per heavy atom. The quantitative estimate of drug-likeness (QED) is 0.544. The van der Waals surface area contributed by atoms with Gasteiger partial charge in [-0.25, -0.2) is 13.2 Å². The number of hydrogen-bond acceptors (Lipinski definition) is 4. The Bertz CT molecular complexity index is 336. The number of aliphatic hydroxyl groups excluding tert-OH is 1. The molecule has 0 radical (unpaired) electrons. The van der Waals surface area contributed by atoms with Gasteiger partial charge >= 0.3 is 6.03 Å². The van der Waals surface area contributed by atoms with Crippen LogP contribution < -0.4 is 10.6 Å². The van der Waals surface area contributed by atoms with Gasteiger partial charge in [0.1, 0.15) is 0 Å². The van der Waals surface area contributed by atoms with Gasteiger partial charge in [0.05, 0.1) is 18.4 Å². The molecule has 0 spiro atoms. The van der Waals surface area contributed by atoms with Crippen LogP contribution in [0.2, 0.25) is 0 Å². The van der Waals surface area contributed by atoms with Gasteiger partial charge < -0.3 is 15.7 Å². The Kier molecular flexibility index (Phi) is 3.48. The molecular formula is C7H12N2O4S. The molecule has 1 aliphatic heterocycles. The molecule has 1 rings (SSSR count). The first kappa shape index (κ1) is 11.0. The van der Waals surface area contributed by atoms with E-state index in [1.165, 1.54) is 6.08 Å². The average Bonchev–Trinajstić information content (AvgIpc) is 2.42. The minimum atomic E-state index is -3.13. The summed E-state index contributed by atoms with van der Waals surface area (Å²) in [5, 5.41) is 14.3. The number of sulfone groups is 1. The van der Waals surface area contributed by atoms with E-state index in [4.69, 9.17) is 5.11 Å². The molecule has 1 heterocycles. The predicted molar refractivity (Wildman–Crippen MR) is 50.3 cm³/mol. The number of carbonyl (C=O) groups is 1. The average molecular weight is 220 g/mol. The van der Waals surface area contributed by atoms with Crippen molar-refractivity contribution < 1.29 is 18.3 Å². The van der Waals surface area contributed by atoms with Crippen molar-refractivity contribution in [2.45, 2.75) is 6.04 Å². The largest absolute Gasteiger partial charge is 0.395 e. The Balaban J connectivity index is 2.34. The summed E-state index contributed by atoms with van der Waals surface area (Å²) in [4.78, 5) is 11.0. The SMILES string of the molecule is O=C(NCCO)NC1C=CS(=O)(=O)C1. The third kappa shape index (κ3) is 3.35. The Morgan fingerprint density at radius 3 is 2.79 bits per heavy atom. The first-order valence-corrected chi connectivity index (χ1v) is 5.81. The van der Waals surface area contributed by atoms with Gasteiger partial charge in [0.25, 0.3) is 0 Å². The van der Waals surface area contributed by atoms with Crippen LogP contribution in [0.25, 0.3) is 0 Å². The van der Waals surface area contributed by atoms with Crippen LogP contribution in [-0.4, -0.2) is 44.5 Å². The molecule has 7 heteroatoms. The van der Waals surface area contributed by atoms with Gasteiger partial charge in [0, 0.05) is 12.0 Å². The molecule has 0 aromatic rings. The standard InChI is InChI=1S/C7H12N2O4S/c10-3-2-8-7(11)9-6-1-4-14(12,13)5-6/h1,4,6,10H,2-3,5H2,(H2,8,9,11). The van der Waals surface area contributed by atoms with Crippen molar-refractivity contribution in [1.29, 1.82) is 0 Å². The number of amides is 2. The lowest BCUT2D eigenvalue weighted by atomic mass is 10.3. The summed E-state index contributed by atoms with van der Waals surface area (Å²) in [7, 11) is -3.13. The summed E-state index contributed by atoms with van der Waals surface area (Å²) in [5.41, 5.74) is 0. The highest BCUT2D eigenvalue weighted by molar-refractivity contribution is 7.94. The van der Waals surface area contributed by atoms with Crippen molar-refractivity contribution in [3.63, 3.8) is 0 Å². The topological polar surface area (TPSA) is 95.5 Å². The molecule has 0 aromatic carbocycles. The molecular weight excluding hydrogens is 208 g/mol. The molecule has 0 fully saturated rings. The minimum absolute atomic E-state index is 0.0977. The summed E-state index contributed by atoms with van der Waals surface area (Å²) in [6.07, 6.45) is 1.42. The highest BCUT2D eigenvalue weighted by Gasteiger charge is 2.22. The van der Waals surface area contributed by atoms with Crippen molar-refractivity contribution in [2.24, 2.45) is 0 Å². The van der Waals surface area contributed by atoms with Crippen LogP contribution in [0.15, 0.2) is 11.5 Å². The molecule has 0 aromatic heterocycles. The summed E-state index contributed by atoms with van der Waals surface area (Å²) in [5.74, 6) is -0.0977. The normalized spacial score (nSPS) is 23.4. The summed E-state index contributed by atoms with van der Waals surface area (Å²) < 4.78 is 21.9. The number of carbonyl (C=O) groups excluding carboxylic acids is 1. The highest BCUT2D eigenvalue weighted by Crippen LogP contribution is 2.07. The molecule has 0 saturated heterocycles. The second-order valence-corrected chi connectivity index (χ2v) is 4.82. The molecule has 6 nitrogen and oxygen atoms in total. The fourth-order valence-electron chi connectivity index (χ4n) is 1.05. The van der Waals surface area contributed by atoms with E-state index in [0.29, 0.717) is 0 Å². The lowest BCUT2D eigenvalue weighted by Gasteiger charge is -2.10. The van der Waals surface area contributed by atoms with Gasteiger partial charge in [-0.3, -0.25) is 0 Å². The fraction of sp³-hybridized carbons (Fsp3) is 0.571. The zero-order valence-corrected chi connectivity index (χ0v) is 8.25. The molecule has 1 atom stereocenters. The molecule has 2 amide bonds. The van der Waals surface area contributed by atoms with E-state index in [1.54, 1.807) is 0 Å². The van der Waals surface area contributed by atoms with Gasteiger partial charge in [-0.05, 0) is 6.08 Å². The maximum Gasteiger partial charge on any atom is 0.315 e. The van der Waals surface area contributed by atoms with Crippen LogP contribution >= 0.6 is 0 Å². The van der Waals surface area contributed by atoms with E-state index >= 15 is 0 Å². The van der Waals surface area contributed by atoms with Crippen molar-refractivity contribution in [1.82, 2.24) is 10.6 Å². The van der Waals surface area contributed by atoms with Crippen molar-refractivity contribution >= 4 is 15.9 Å². The molecule has 3 N–H and O–H groups in total. The summed E-state index contributed by atoms with van der Waals surface area (Å²) in [6.45, 7) is 0.00123. The van der Waals surface area contributed by atoms with E-state index in [2.05, 4.69) is 10.6 Å². The number of aliphatic hydroxyl groups is 1. The van der Waals surface area contributed by atoms with Gasteiger partial charge in [0.15, 0.2) is 9.84 Å². The molecule has 0 aliphatic carbocycles. The predicted octanol–water partition coefficient (Wildman–Crippen LogP) is -1.41. The first-order valence-electron chi connectivity index (χ1n) is 4.10. The maximum absolute atomic E-state index is 11.0. The third-order valence-corrected chi connectivity index (χ3v) is 3.04. The van der Waals surface area contributed by atoms with Gasteiger partial charge in [-0.2, -0.15) is 0 Å². The van der Waals surface area contributed by atoms with Crippen LogP contribution in [0, 0.1) is 0 Å². The number of urea groups is 1. The van der Waals surface area contributed by atoms with Crippen LogP contribution in [-0.2, 0) is 9.84 Å². The van der Waals surface area contributed by atoms with E-state index in [1.807, 2.05) is 0 Å². The van der Waals surface area contributed by atoms with Crippen molar-refractivity contribution in [3.8, 4) is 0 Å². The van der Waals surface area contributed by atoms with Crippen molar-refractivity contribution in [3.05, 3.63) is 11.5 Å². The summed E-state index contributed by atoms with van der Waals surface area (Å²) >= 11 is 0. The molecule has 0 saturated carbocycles. The monoisotopic (exact) mass is 220 g/mol. The van der Waals surface area contributed by atoms with E-state index in [9.17, 15) is 13.2 Å². The van der Waals surface area contributed by atoms with Crippen LogP contribution in [0.1, 0.15) is 0 Å². The molecule has 14 heavy (non-hydrogen) atoms. The smallest absolute Gasteiger partial charge is 0.315 e. The van der Waals surface area contributed by atoms with Gasteiger partial charge in [0.2, 0.25) is 0 Å². The van der Waals surface area contributed by atoms with Gasteiger partial charge in [-0.1, -0.05) is 0 Å².